The first kappa shape index (κ1) is 10.7. The lowest BCUT2D eigenvalue weighted by atomic mass is 10.00. The molecule has 13 heavy (non-hydrogen) atoms. The summed E-state index contributed by atoms with van der Waals surface area (Å²) in [7, 11) is 1.65. The Bertz CT molecular complexity index is 200. The largest absolute Gasteiger partial charge is 0.372 e. The molecule has 0 amide bonds. The van der Waals surface area contributed by atoms with Crippen molar-refractivity contribution in [2.75, 3.05) is 13.7 Å². The minimum Gasteiger partial charge on any atom is -0.372 e. The number of rotatable bonds is 3. The first-order chi connectivity index (χ1) is 5.93. The molecule has 0 aromatic carbocycles. The molecule has 1 saturated heterocycles. The van der Waals surface area contributed by atoms with Crippen molar-refractivity contribution in [2.24, 2.45) is 0 Å². The van der Waals surface area contributed by atoms with Crippen LogP contribution >= 0.6 is 0 Å². The highest BCUT2D eigenvalue weighted by Crippen LogP contribution is 2.31. The molecular weight excluding hydrogens is 168 g/mol. The number of methoxy groups -OCH3 is 1. The summed E-state index contributed by atoms with van der Waals surface area (Å²) in [5, 5.41) is 0. The van der Waals surface area contributed by atoms with Gasteiger partial charge in [-0.3, -0.25) is 0 Å². The Morgan fingerprint density at radius 2 is 2.23 bits per heavy atom. The first-order valence-electron chi connectivity index (χ1n) is 4.44. The Hall–Kier alpha value is -0.380. The molecule has 0 spiro atoms. The lowest BCUT2D eigenvalue weighted by Crippen LogP contribution is -2.41. The highest BCUT2D eigenvalue weighted by atomic mass is 16.7. The topological polar surface area (TPSA) is 27.7 Å². The first-order valence-corrected chi connectivity index (χ1v) is 4.44. The highest BCUT2D eigenvalue weighted by molar-refractivity contribution is 5.01. The van der Waals surface area contributed by atoms with Gasteiger partial charge in [-0.15, -0.1) is 6.58 Å². The lowest BCUT2D eigenvalue weighted by Gasteiger charge is -2.30. The fourth-order valence-electron chi connectivity index (χ4n) is 1.32. The van der Waals surface area contributed by atoms with Gasteiger partial charge in [-0.25, -0.2) is 0 Å². The van der Waals surface area contributed by atoms with Gasteiger partial charge in [0.15, 0.2) is 5.79 Å². The maximum Gasteiger partial charge on any atom is 0.163 e. The maximum absolute atomic E-state index is 5.68. The van der Waals surface area contributed by atoms with Crippen LogP contribution in [0.1, 0.15) is 20.8 Å². The Labute approximate surface area is 79.7 Å². The summed E-state index contributed by atoms with van der Waals surface area (Å²) < 4.78 is 16.5. The summed E-state index contributed by atoms with van der Waals surface area (Å²) in [5.74, 6) is -0.506. The molecule has 2 atom stereocenters. The van der Waals surface area contributed by atoms with E-state index in [9.17, 15) is 0 Å². The summed E-state index contributed by atoms with van der Waals surface area (Å²) in [6, 6.07) is 0. The molecule has 0 aromatic heterocycles. The van der Waals surface area contributed by atoms with Crippen molar-refractivity contribution < 1.29 is 14.2 Å². The second-order valence-electron chi connectivity index (χ2n) is 3.91. The van der Waals surface area contributed by atoms with Crippen molar-refractivity contribution in [3.63, 3.8) is 0 Å². The number of ether oxygens (including phenoxy) is 3. The van der Waals surface area contributed by atoms with Crippen LogP contribution in [0, 0.1) is 0 Å². The van der Waals surface area contributed by atoms with E-state index in [1.54, 1.807) is 13.2 Å². The third kappa shape index (κ3) is 2.10. The average Bonchev–Trinajstić information content (AvgIpc) is 2.45. The molecule has 0 aliphatic carbocycles. The van der Waals surface area contributed by atoms with Gasteiger partial charge >= 0.3 is 0 Å². The van der Waals surface area contributed by atoms with Crippen molar-refractivity contribution >= 4 is 0 Å². The summed E-state index contributed by atoms with van der Waals surface area (Å²) >= 11 is 0. The van der Waals surface area contributed by atoms with Crippen LogP contribution in [-0.2, 0) is 14.2 Å². The van der Waals surface area contributed by atoms with E-state index in [4.69, 9.17) is 14.2 Å². The van der Waals surface area contributed by atoms with E-state index >= 15 is 0 Å². The summed E-state index contributed by atoms with van der Waals surface area (Å²) in [4.78, 5) is 0. The molecule has 0 radical (unpaired) electrons. The summed E-state index contributed by atoms with van der Waals surface area (Å²) in [5.41, 5.74) is -0.465. The van der Waals surface area contributed by atoms with E-state index in [-0.39, 0.29) is 6.10 Å². The van der Waals surface area contributed by atoms with Gasteiger partial charge in [0.2, 0.25) is 0 Å². The smallest absolute Gasteiger partial charge is 0.163 e. The fourth-order valence-corrected chi connectivity index (χ4v) is 1.32. The van der Waals surface area contributed by atoms with Crippen LogP contribution < -0.4 is 0 Å². The van der Waals surface area contributed by atoms with Crippen LogP contribution in [0.5, 0.6) is 0 Å². The van der Waals surface area contributed by atoms with Gasteiger partial charge in [-0.1, -0.05) is 6.08 Å². The molecule has 3 heteroatoms. The van der Waals surface area contributed by atoms with Crippen molar-refractivity contribution in [2.45, 2.75) is 38.3 Å². The molecule has 1 rings (SSSR count). The van der Waals surface area contributed by atoms with Gasteiger partial charge in [0.05, 0.1) is 6.61 Å². The van der Waals surface area contributed by atoms with E-state index in [2.05, 4.69) is 6.58 Å². The molecule has 3 nitrogen and oxygen atoms in total. The van der Waals surface area contributed by atoms with Gasteiger partial charge in [0.1, 0.15) is 11.7 Å². The molecule has 1 unspecified atom stereocenters. The fraction of sp³-hybridized carbons (Fsp3) is 0.800. The molecular formula is C10H18O3. The molecule has 1 aliphatic heterocycles. The Balaban J connectivity index is 2.69. The zero-order chi connectivity index (χ0) is 10.1. The highest BCUT2D eigenvalue weighted by Gasteiger charge is 2.42. The summed E-state index contributed by atoms with van der Waals surface area (Å²) in [6.45, 7) is 10.0. The Kier molecular flexibility index (Phi) is 2.80. The summed E-state index contributed by atoms with van der Waals surface area (Å²) in [6.07, 6.45) is 1.67. The van der Waals surface area contributed by atoms with Crippen LogP contribution in [0.3, 0.4) is 0 Å². The van der Waals surface area contributed by atoms with Crippen molar-refractivity contribution in [3.8, 4) is 0 Å². The maximum atomic E-state index is 5.68. The molecule has 0 aromatic rings. The second kappa shape index (κ2) is 3.40. The molecule has 1 heterocycles. The van der Waals surface area contributed by atoms with Gasteiger partial charge in [-0.05, 0) is 20.8 Å². The van der Waals surface area contributed by atoms with Gasteiger partial charge in [-0.2, -0.15) is 0 Å². The standard InChI is InChI=1S/C10H18O3/c1-6-10(4,11-5)8-7-12-9(2,3)13-8/h6,8H,1,7H2,2-5H3/t8-,10?/m1/s1. The minimum atomic E-state index is -0.506. The lowest BCUT2D eigenvalue weighted by molar-refractivity contribution is -0.163. The van der Waals surface area contributed by atoms with Crippen molar-refractivity contribution in [3.05, 3.63) is 12.7 Å². The minimum absolute atomic E-state index is 0.0787. The quantitative estimate of drug-likeness (QED) is 0.628. The van der Waals surface area contributed by atoms with Crippen molar-refractivity contribution in [1.82, 2.24) is 0 Å². The van der Waals surface area contributed by atoms with Gasteiger partial charge < -0.3 is 14.2 Å². The molecule has 0 saturated carbocycles. The average molecular weight is 186 g/mol. The van der Waals surface area contributed by atoms with E-state index in [1.165, 1.54) is 0 Å². The van der Waals surface area contributed by atoms with Crippen LogP contribution in [-0.4, -0.2) is 31.2 Å². The molecule has 0 bridgehead atoms. The normalized spacial score (nSPS) is 31.2. The van der Waals surface area contributed by atoms with E-state index in [0.717, 1.165) is 0 Å². The van der Waals surface area contributed by atoms with Crippen molar-refractivity contribution in [1.29, 1.82) is 0 Å². The number of hydrogen-bond donors (Lipinski definition) is 0. The van der Waals surface area contributed by atoms with Crippen LogP contribution in [0.25, 0.3) is 0 Å². The van der Waals surface area contributed by atoms with Crippen LogP contribution in [0.4, 0.5) is 0 Å². The monoisotopic (exact) mass is 186 g/mol. The predicted molar refractivity (Wildman–Crippen MR) is 50.5 cm³/mol. The Morgan fingerprint density at radius 1 is 1.62 bits per heavy atom. The third-order valence-electron chi connectivity index (χ3n) is 2.49. The molecule has 76 valence electrons. The predicted octanol–water partition coefficient (Wildman–Crippen LogP) is 1.73. The van der Waals surface area contributed by atoms with E-state index in [1.807, 2.05) is 20.8 Å². The zero-order valence-corrected chi connectivity index (χ0v) is 8.79. The number of hydrogen-bond acceptors (Lipinski definition) is 3. The Morgan fingerprint density at radius 3 is 2.54 bits per heavy atom. The van der Waals surface area contributed by atoms with E-state index < -0.39 is 11.4 Å². The van der Waals surface area contributed by atoms with Crippen LogP contribution in [0.2, 0.25) is 0 Å². The molecule has 1 aliphatic rings. The van der Waals surface area contributed by atoms with Gasteiger partial charge in [0, 0.05) is 7.11 Å². The molecule has 1 fully saturated rings. The molecule has 0 N–H and O–H groups in total. The van der Waals surface area contributed by atoms with Crippen LogP contribution in [0.15, 0.2) is 12.7 Å². The van der Waals surface area contributed by atoms with Gasteiger partial charge in [0.25, 0.3) is 0 Å². The second-order valence-corrected chi connectivity index (χ2v) is 3.91. The zero-order valence-electron chi connectivity index (χ0n) is 8.79. The third-order valence-corrected chi connectivity index (χ3v) is 2.49. The SMILES string of the molecule is C=CC(C)(OC)[C@H]1COC(C)(C)O1. The van der Waals surface area contributed by atoms with E-state index in [0.29, 0.717) is 6.61 Å².